The average molecular weight is 292 g/mol. The van der Waals surface area contributed by atoms with Gasteiger partial charge in [0, 0.05) is 9.79 Å². The summed E-state index contributed by atoms with van der Waals surface area (Å²) in [4.78, 5) is 2.24. The predicted molar refractivity (Wildman–Crippen MR) is 84.9 cm³/mol. The van der Waals surface area contributed by atoms with Crippen LogP contribution in [0, 0.1) is 19.7 Å². The van der Waals surface area contributed by atoms with Gasteiger partial charge in [-0.25, -0.2) is 4.39 Å². The molecule has 0 aliphatic heterocycles. The van der Waals surface area contributed by atoms with Crippen molar-refractivity contribution < 1.29 is 4.39 Å². The molecule has 0 bridgehead atoms. The van der Waals surface area contributed by atoms with E-state index in [1.165, 1.54) is 16.0 Å². The van der Waals surface area contributed by atoms with Gasteiger partial charge in [0.2, 0.25) is 0 Å². The summed E-state index contributed by atoms with van der Waals surface area (Å²) in [5.41, 5.74) is 4.54. The van der Waals surface area contributed by atoms with Gasteiger partial charge in [-0.1, -0.05) is 6.07 Å². The summed E-state index contributed by atoms with van der Waals surface area (Å²) in [6.07, 6.45) is 4.06. The normalized spacial score (nSPS) is 10.8. The molecule has 3 heteroatoms. The van der Waals surface area contributed by atoms with Gasteiger partial charge in [0.1, 0.15) is 5.82 Å². The van der Waals surface area contributed by atoms with Gasteiger partial charge in [-0.05, 0) is 72.9 Å². The van der Waals surface area contributed by atoms with E-state index in [1.807, 2.05) is 13.2 Å². The van der Waals surface area contributed by atoms with E-state index in [0.29, 0.717) is 0 Å². The van der Waals surface area contributed by atoms with Crippen molar-refractivity contribution in [2.45, 2.75) is 23.6 Å². The molecule has 0 amide bonds. The minimum atomic E-state index is -0.164. The number of rotatable bonds is 3. The molecule has 0 spiro atoms. The van der Waals surface area contributed by atoms with E-state index in [2.05, 4.69) is 31.4 Å². The predicted octanol–water partition coefficient (Wildman–Crippen LogP) is 5.55. The first-order chi connectivity index (χ1) is 9.05. The van der Waals surface area contributed by atoms with E-state index < -0.39 is 0 Å². The summed E-state index contributed by atoms with van der Waals surface area (Å²) in [6, 6.07) is 9.74. The summed E-state index contributed by atoms with van der Waals surface area (Å²) in [5, 5.41) is 0. The molecule has 0 aliphatic rings. The molecule has 0 radical (unpaired) electrons. The Morgan fingerprint density at radius 1 is 0.895 bits per heavy atom. The Hall–Kier alpha value is -0.930. The average Bonchev–Trinajstić information content (AvgIpc) is 2.36. The molecule has 0 nitrogen and oxygen atoms in total. The van der Waals surface area contributed by atoms with Gasteiger partial charge in [0.15, 0.2) is 0 Å². The molecule has 100 valence electrons. The van der Waals surface area contributed by atoms with E-state index in [1.54, 1.807) is 35.7 Å². The molecule has 0 fully saturated rings. The highest BCUT2D eigenvalue weighted by Crippen LogP contribution is 2.36. The third kappa shape index (κ3) is 3.15. The van der Waals surface area contributed by atoms with Crippen molar-refractivity contribution in [2.24, 2.45) is 0 Å². The lowest BCUT2D eigenvalue weighted by atomic mass is 9.99. The highest BCUT2D eigenvalue weighted by Gasteiger charge is 2.11. The van der Waals surface area contributed by atoms with Crippen LogP contribution in [-0.2, 0) is 0 Å². The Kier molecular flexibility index (Phi) is 4.58. The number of hydrogen-bond acceptors (Lipinski definition) is 2. The second-order valence-electron chi connectivity index (χ2n) is 4.54. The van der Waals surface area contributed by atoms with Crippen LogP contribution < -0.4 is 0 Å². The van der Waals surface area contributed by atoms with Crippen LogP contribution in [0.3, 0.4) is 0 Å². The Labute approximate surface area is 122 Å². The van der Waals surface area contributed by atoms with Crippen LogP contribution in [0.5, 0.6) is 0 Å². The van der Waals surface area contributed by atoms with Crippen LogP contribution in [0.15, 0.2) is 40.1 Å². The monoisotopic (exact) mass is 292 g/mol. The van der Waals surface area contributed by atoms with Crippen molar-refractivity contribution in [1.82, 2.24) is 0 Å². The zero-order valence-electron chi connectivity index (χ0n) is 11.6. The smallest absolute Gasteiger partial charge is 0.124 e. The molecule has 2 aromatic carbocycles. The van der Waals surface area contributed by atoms with E-state index >= 15 is 0 Å². The number of benzene rings is 2. The van der Waals surface area contributed by atoms with E-state index in [4.69, 9.17) is 0 Å². The van der Waals surface area contributed by atoms with E-state index in [-0.39, 0.29) is 5.82 Å². The molecule has 2 rings (SSSR count). The van der Waals surface area contributed by atoms with Gasteiger partial charge in [0.05, 0.1) is 0 Å². The maximum absolute atomic E-state index is 13.5. The van der Waals surface area contributed by atoms with Gasteiger partial charge in [-0.2, -0.15) is 0 Å². The summed E-state index contributed by atoms with van der Waals surface area (Å²) < 4.78 is 13.5. The third-order valence-electron chi connectivity index (χ3n) is 3.06. The Bertz CT molecular complexity index is 606. The van der Waals surface area contributed by atoms with Crippen molar-refractivity contribution in [2.75, 3.05) is 12.5 Å². The first kappa shape index (κ1) is 14.5. The first-order valence-corrected chi connectivity index (χ1v) is 8.50. The molecular weight excluding hydrogens is 275 g/mol. The van der Waals surface area contributed by atoms with Crippen molar-refractivity contribution >= 4 is 23.5 Å². The van der Waals surface area contributed by atoms with Gasteiger partial charge in [-0.15, -0.1) is 23.5 Å². The lowest BCUT2D eigenvalue weighted by Gasteiger charge is -2.13. The van der Waals surface area contributed by atoms with Crippen LogP contribution in [0.4, 0.5) is 4.39 Å². The van der Waals surface area contributed by atoms with Crippen LogP contribution >= 0.6 is 23.5 Å². The molecule has 2 aromatic rings. The van der Waals surface area contributed by atoms with Crippen molar-refractivity contribution in [3.63, 3.8) is 0 Å². The second kappa shape index (κ2) is 6.02. The van der Waals surface area contributed by atoms with E-state index in [9.17, 15) is 4.39 Å². The zero-order valence-corrected chi connectivity index (χ0v) is 13.2. The van der Waals surface area contributed by atoms with Gasteiger partial charge in [0.25, 0.3) is 0 Å². The Morgan fingerprint density at radius 2 is 1.63 bits per heavy atom. The molecule has 0 aliphatic carbocycles. The van der Waals surface area contributed by atoms with Crippen LogP contribution in [0.2, 0.25) is 0 Å². The first-order valence-electron chi connectivity index (χ1n) is 6.05. The van der Waals surface area contributed by atoms with Crippen LogP contribution in [-0.4, -0.2) is 12.5 Å². The molecule has 0 saturated carbocycles. The highest BCUT2D eigenvalue weighted by molar-refractivity contribution is 7.99. The number of halogens is 1. The zero-order chi connectivity index (χ0) is 14.0. The fraction of sp³-hybridized carbons (Fsp3) is 0.250. The van der Waals surface area contributed by atoms with Gasteiger partial charge < -0.3 is 0 Å². The molecule has 0 atom stereocenters. The van der Waals surface area contributed by atoms with Crippen molar-refractivity contribution in [3.8, 4) is 11.1 Å². The van der Waals surface area contributed by atoms with Crippen LogP contribution in [0.25, 0.3) is 11.1 Å². The minimum absolute atomic E-state index is 0.164. The van der Waals surface area contributed by atoms with Gasteiger partial charge >= 0.3 is 0 Å². The summed E-state index contributed by atoms with van der Waals surface area (Å²) in [7, 11) is 0. The third-order valence-corrected chi connectivity index (χ3v) is 4.53. The van der Waals surface area contributed by atoms with Gasteiger partial charge in [-0.3, -0.25) is 0 Å². The lowest BCUT2D eigenvalue weighted by molar-refractivity contribution is 0.623. The molecule has 0 aromatic heterocycles. The Morgan fingerprint density at radius 3 is 2.26 bits per heavy atom. The highest BCUT2D eigenvalue weighted by atomic mass is 32.2. The largest absolute Gasteiger partial charge is 0.207 e. The quantitative estimate of drug-likeness (QED) is 0.680. The standard InChI is InChI=1S/C16H17FS2/c1-10-5-12(8-14(6-10)18-3)16-11(2)7-13(17)9-15(16)19-4/h5-9H,1-4H3. The van der Waals surface area contributed by atoms with Crippen molar-refractivity contribution in [1.29, 1.82) is 0 Å². The summed E-state index contributed by atoms with van der Waals surface area (Å²) in [6.45, 7) is 4.07. The molecule has 0 N–H and O–H groups in total. The second-order valence-corrected chi connectivity index (χ2v) is 6.27. The summed E-state index contributed by atoms with van der Waals surface area (Å²) >= 11 is 3.32. The lowest BCUT2D eigenvalue weighted by Crippen LogP contribution is -1.91. The number of aryl methyl sites for hydroxylation is 2. The van der Waals surface area contributed by atoms with E-state index in [0.717, 1.165) is 16.0 Å². The molecule has 0 unspecified atom stereocenters. The molecule has 0 saturated heterocycles. The maximum Gasteiger partial charge on any atom is 0.124 e. The number of hydrogen-bond donors (Lipinski definition) is 0. The fourth-order valence-corrected chi connectivity index (χ4v) is 3.52. The number of thioether (sulfide) groups is 2. The molecule has 19 heavy (non-hydrogen) atoms. The molecular formula is C16H17FS2. The fourth-order valence-electron chi connectivity index (χ4n) is 2.25. The van der Waals surface area contributed by atoms with Crippen LogP contribution in [0.1, 0.15) is 11.1 Å². The maximum atomic E-state index is 13.5. The topological polar surface area (TPSA) is 0 Å². The van der Waals surface area contributed by atoms with Crippen molar-refractivity contribution in [3.05, 3.63) is 47.3 Å². The SMILES string of the molecule is CSc1cc(C)cc(-c2c(C)cc(F)cc2SC)c1. The Balaban J connectivity index is 2.67. The summed E-state index contributed by atoms with van der Waals surface area (Å²) in [5.74, 6) is -0.164. The minimum Gasteiger partial charge on any atom is -0.207 e. The molecule has 0 heterocycles.